The molecule has 0 fully saturated rings. The van der Waals surface area contributed by atoms with Gasteiger partial charge in [0.2, 0.25) is 0 Å². The molecule has 0 spiro atoms. The number of nitrogens with one attached hydrogen (secondary N) is 2. The highest BCUT2D eigenvalue weighted by atomic mass is 15.1. The highest BCUT2D eigenvalue weighted by Gasteiger charge is 2.05. The van der Waals surface area contributed by atoms with E-state index in [0.717, 1.165) is 0 Å². The molecule has 92 valence electrons. The van der Waals surface area contributed by atoms with Crippen molar-refractivity contribution in [1.82, 2.24) is 10.6 Å². The van der Waals surface area contributed by atoms with E-state index in [9.17, 15) is 0 Å². The minimum atomic E-state index is 0.480. The molecule has 0 amide bonds. The van der Waals surface area contributed by atoms with Crippen LogP contribution in [0.1, 0.15) is 58.3 Å². The summed E-state index contributed by atoms with van der Waals surface area (Å²) in [7, 11) is 0. The molecule has 0 atom stereocenters. The van der Waals surface area contributed by atoms with E-state index in [1.54, 1.807) is 0 Å². The second kappa shape index (κ2) is 9.32. The van der Waals surface area contributed by atoms with Crippen LogP contribution in [0.25, 0.3) is 0 Å². The molecule has 16 heavy (non-hydrogen) atoms. The number of unbranched alkanes of at least 4 members (excludes halogenated alkanes) is 5. The van der Waals surface area contributed by atoms with Gasteiger partial charge >= 0.3 is 0 Å². The van der Waals surface area contributed by atoms with Gasteiger partial charge in [0.05, 0.1) is 6.17 Å². The summed E-state index contributed by atoms with van der Waals surface area (Å²) in [5, 5.41) is 6.54. The lowest BCUT2D eigenvalue weighted by molar-refractivity contribution is 0.498. The van der Waals surface area contributed by atoms with Gasteiger partial charge in [0, 0.05) is 12.4 Å². The zero-order chi connectivity index (χ0) is 11.5. The van der Waals surface area contributed by atoms with Crippen molar-refractivity contribution in [3.63, 3.8) is 0 Å². The van der Waals surface area contributed by atoms with E-state index < -0.39 is 0 Å². The molecule has 0 bridgehead atoms. The zero-order valence-electron chi connectivity index (χ0n) is 10.5. The first-order chi connectivity index (χ1) is 7.93. The van der Waals surface area contributed by atoms with Gasteiger partial charge < -0.3 is 10.6 Å². The summed E-state index contributed by atoms with van der Waals surface area (Å²) in [6, 6.07) is 0. The van der Waals surface area contributed by atoms with Gasteiger partial charge in [-0.3, -0.25) is 0 Å². The van der Waals surface area contributed by atoms with E-state index in [2.05, 4.69) is 29.7 Å². The Bertz CT molecular complexity index is 201. The maximum Gasteiger partial charge on any atom is 0.0955 e. The quantitative estimate of drug-likeness (QED) is 0.459. The van der Waals surface area contributed by atoms with Crippen LogP contribution in [0.4, 0.5) is 0 Å². The van der Waals surface area contributed by atoms with Crippen molar-refractivity contribution < 1.29 is 0 Å². The van der Waals surface area contributed by atoms with Gasteiger partial charge in [-0.2, -0.15) is 0 Å². The molecule has 0 saturated carbocycles. The molecule has 0 aromatic rings. The first-order valence-electron chi connectivity index (χ1n) is 6.75. The molecule has 2 heteroatoms. The maximum absolute atomic E-state index is 3.27. The second-order valence-corrected chi connectivity index (χ2v) is 4.47. The van der Waals surface area contributed by atoms with Crippen LogP contribution in [-0.4, -0.2) is 6.17 Å². The fourth-order valence-corrected chi connectivity index (χ4v) is 1.90. The van der Waals surface area contributed by atoms with E-state index in [1.165, 1.54) is 51.4 Å². The molecule has 1 heterocycles. The zero-order valence-corrected chi connectivity index (χ0v) is 10.5. The van der Waals surface area contributed by atoms with Crippen LogP contribution < -0.4 is 10.6 Å². The molecule has 2 N–H and O–H groups in total. The number of hydrogen-bond donors (Lipinski definition) is 2. The van der Waals surface area contributed by atoms with Crippen molar-refractivity contribution in [3.8, 4) is 0 Å². The summed E-state index contributed by atoms with van der Waals surface area (Å²) in [6.45, 7) is 2.25. The largest absolute Gasteiger partial charge is 0.370 e. The van der Waals surface area contributed by atoms with Crippen molar-refractivity contribution in [2.24, 2.45) is 0 Å². The molecule has 0 unspecified atom stereocenters. The summed E-state index contributed by atoms with van der Waals surface area (Å²) in [5.41, 5.74) is 0. The standard InChI is InChI=1S/C14H26N2/c1-2-3-4-5-6-7-8-9-10-11-14-15-12-13-16-14/h6-7,12-16H,2-5,8-11H2,1H3/b7-6+. The van der Waals surface area contributed by atoms with Crippen LogP contribution in [0.2, 0.25) is 0 Å². The molecule has 2 nitrogen and oxygen atoms in total. The first kappa shape index (κ1) is 13.1. The predicted octanol–water partition coefficient (Wildman–Crippen LogP) is 3.67. The van der Waals surface area contributed by atoms with Gasteiger partial charge in [0.25, 0.3) is 0 Å². The van der Waals surface area contributed by atoms with Crippen LogP contribution in [0, 0.1) is 0 Å². The Balaban J connectivity index is 1.80. The van der Waals surface area contributed by atoms with Crippen LogP contribution >= 0.6 is 0 Å². The van der Waals surface area contributed by atoms with E-state index in [0.29, 0.717) is 6.17 Å². The van der Waals surface area contributed by atoms with Gasteiger partial charge in [-0.1, -0.05) is 31.9 Å². The number of rotatable bonds is 9. The lowest BCUT2D eigenvalue weighted by atomic mass is 10.1. The second-order valence-electron chi connectivity index (χ2n) is 4.47. The van der Waals surface area contributed by atoms with E-state index >= 15 is 0 Å². The van der Waals surface area contributed by atoms with Crippen molar-refractivity contribution in [3.05, 3.63) is 24.6 Å². The summed E-state index contributed by atoms with van der Waals surface area (Å²) < 4.78 is 0. The molecule has 1 rings (SSSR count). The Morgan fingerprint density at radius 3 is 2.19 bits per heavy atom. The Hall–Kier alpha value is -0.920. The summed E-state index contributed by atoms with van der Waals surface area (Å²) in [5.74, 6) is 0. The van der Waals surface area contributed by atoms with Crippen molar-refractivity contribution >= 4 is 0 Å². The molecule has 1 aliphatic rings. The van der Waals surface area contributed by atoms with Crippen LogP contribution in [0.5, 0.6) is 0 Å². The Morgan fingerprint density at radius 2 is 1.56 bits per heavy atom. The monoisotopic (exact) mass is 222 g/mol. The average Bonchev–Trinajstić information content (AvgIpc) is 2.80. The minimum absolute atomic E-state index is 0.480. The number of hydrogen-bond acceptors (Lipinski definition) is 2. The van der Waals surface area contributed by atoms with Crippen LogP contribution in [-0.2, 0) is 0 Å². The normalized spacial score (nSPS) is 15.6. The van der Waals surface area contributed by atoms with Gasteiger partial charge in [0.1, 0.15) is 0 Å². The van der Waals surface area contributed by atoms with Crippen molar-refractivity contribution in [1.29, 1.82) is 0 Å². The number of allylic oxidation sites excluding steroid dienone is 2. The first-order valence-corrected chi connectivity index (χ1v) is 6.75. The smallest absolute Gasteiger partial charge is 0.0955 e. The van der Waals surface area contributed by atoms with E-state index in [1.807, 2.05) is 12.4 Å². The minimum Gasteiger partial charge on any atom is -0.370 e. The van der Waals surface area contributed by atoms with Gasteiger partial charge in [0.15, 0.2) is 0 Å². The topological polar surface area (TPSA) is 24.1 Å². The highest BCUT2D eigenvalue weighted by molar-refractivity contribution is 4.90. The lowest BCUT2D eigenvalue weighted by Gasteiger charge is -2.10. The predicted molar refractivity (Wildman–Crippen MR) is 70.9 cm³/mol. The fourth-order valence-electron chi connectivity index (χ4n) is 1.90. The maximum atomic E-state index is 3.27. The fraction of sp³-hybridized carbons (Fsp3) is 0.714. The Morgan fingerprint density at radius 1 is 0.938 bits per heavy atom. The van der Waals surface area contributed by atoms with Gasteiger partial charge in [-0.05, 0) is 38.5 Å². The molecular weight excluding hydrogens is 196 g/mol. The third kappa shape index (κ3) is 6.54. The molecular formula is C14H26N2. The van der Waals surface area contributed by atoms with Gasteiger partial charge in [-0.15, -0.1) is 0 Å². The van der Waals surface area contributed by atoms with Crippen LogP contribution in [0.15, 0.2) is 24.6 Å². The SMILES string of the molecule is CCCCC/C=C/CCCCC1NC=CN1. The van der Waals surface area contributed by atoms with Gasteiger partial charge in [-0.25, -0.2) is 0 Å². The molecule has 0 aliphatic carbocycles. The molecule has 0 aromatic carbocycles. The highest BCUT2D eigenvalue weighted by Crippen LogP contribution is 2.06. The van der Waals surface area contributed by atoms with E-state index in [4.69, 9.17) is 0 Å². The van der Waals surface area contributed by atoms with Crippen molar-refractivity contribution in [2.75, 3.05) is 0 Å². The summed E-state index contributed by atoms with van der Waals surface area (Å²) >= 11 is 0. The molecule has 0 radical (unpaired) electrons. The Labute approximate surface area is 100 Å². The summed E-state index contributed by atoms with van der Waals surface area (Å²) in [4.78, 5) is 0. The van der Waals surface area contributed by atoms with Crippen molar-refractivity contribution in [2.45, 2.75) is 64.5 Å². The van der Waals surface area contributed by atoms with E-state index in [-0.39, 0.29) is 0 Å². The third-order valence-corrected chi connectivity index (χ3v) is 2.93. The Kier molecular flexibility index (Phi) is 7.65. The third-order valence-electron chi connectivity index (χ3n) is 2.93. The van der Waals surface area contributed by atoms with Crippen LogP contribution in [0.3, 0.4) is 0 Å². The lowest BCUT2D eigenvalue weighted by Crippen LogP contribution is -2.30. The summed E-state index contributed by atoms with van der Waals surface area (Å²) in [6.07, 6.45) is 19.5. The average molecular weight is 222 g/mol. The molecule has 1 aliphatic heterocycles. The molecule has 0 aromatic heterocycles. The molecule has 0 saturated heterocycles.